The number of carboxylic acid groups (broad SMARTS) is 1. The Hall–Kier alpha value is -1.63. The first kappa shape index (κ1) is 15.4. The van der Waals surface area contributed by atoms with Gasteiger partial charge < -0.3 is 20.5 Å². The van der Waals surface area contributed by atoms with Gasteiger partial charge in [0.25, 0.3) is 0 Å². The molecular formula is C10H18N2O5. The summed E-state index contributed by atoms with van der Waals surface area (Å²) in [5.41, 5.74) is 0. The van der Waals surface area contributed by atoms with E-state index in [1.54, 1.807) is 13.8 Å². The second-order valence-electron chi connectivity index (χ2n) is 3.47. The quantitative estimate of drug-likeness (QED) is 0.504. The summed E-state index contributed by atoms with van der Waals surface area (Å²) >= 11 is 0. The Bertz CT molecular complexity index is 292. The van der Waals surface area contributed by atoms with Crippen LogP contribution < -0.4 is 10.6 Å². The van der Waals surface area contributed by atoms with Gasteiger partial charge in [-0.3, -0.25) is 9.59 Å². The van der Waals surface area contributed by atoms with E-state index >= 15 is 0 Å². The molecular weight excluding hydrogens is 228 g/mol. The fourth-order valence-corrected chi connectivity index (χ4v) is 1.09. The Kier molecular flexibility index (Phi) is 6.88. The van der Waals surface area contributed by atoms with Crippen molar-refractivity contribution in [3.63, 3.8) is 0 Å². The van der Waals surface area contributed by atoms with Gasteiger partial charge in [-0.15, -0.1) is 0 Å². The molecule has 3 N–H and O–H groups in total. The molecule has 0 spiro atoms. The second-order valence-corrected chi connectivity index (χ2v) is 3.47. The number of ether oxygens (including phenoxy) is 1. The lowest BCUT2D eigenvalue weighted by atomic mass is 10.2. The highest BCUT2D eigenvalue weighted by Gasteiger charge is 2.21. The number of carbonyl (C=O) groups excluding carboxylic acids is 2. The third-order valence-corrected chi connectivity index (χ3v) is 1.94. The Balaban J connectivity index is 4.16. The van der Waals surface area contributed by atoms with E-state index in [0.717, 1.165) is 0 Å². The third-order valence-electron chi connectivity index (χ3n) is 1.94. The van der Waals surface area contributed by atoms with Crippen LogP contribution in [0.15, 0.2) is 0 Å². The minimum atomic E-state index is -1.16. The lowest BCUT2D eigenvalue weighted by Crippen LogP contribution is -2.49. The zero-order valence-corrected chi connectivity index (χ0v) is 10.1. The van der Waals surface area contributed by atoms with Crippen molar-refractivity contribution in [1.29, 1.82) is 0 Å². The molecule has 0 bridgehead atoms. The van der Waals surface area contributed by atoms with Crippen molar-refractivity contribution in [3.05, 3.63) is 0 Å². The molecule has 0 rings (SSSR count). The van der Waals surface area contributed by atoms with E-state index in [0.29, 0.717) is 0 Å². The third kappa shape index (κ3) is 6.52. The van der Waals surface area contributed by atoms with E-state index in [9.17, 15) is 14.4 Å². The molecule has 2 unspecified atom stereocenters. The van der Waals surface area contributed by atoms with Gasteiger partial charge in [-0.25, -0.2) is 4.79 Å². The molecule has 0 aromatic heterocycles. The zero-order chi connectivity index (χ0) is 13.4. The van der Waals surface area contributed by atoms with Crippen molar-refractivity contribution in [2.24, 2.45) is 0 Å². The van der Waals surface area contributed by atoms with Crippen LogP contribution in [0.3, 0.4) is 0 Å². The Morgan fingerprint density at radius 2 is 1.94 bits per heavy atom. The van der Waals surface area contributed by atoms with E-state index in [-0.39, 0.29) is 13.2 Å². The molecule has 2 atom stereocenters. The van der Waals surface area contributed by atoms with Crippen LogP contribution in [0.4, 0.5) is 0 Å². The average molecular weight is 246 g/mol. The number of hydrogen-bond donors (Lipinski definition) is 3. The first-order chi connectivity index (χ1) is 7.88. The highest BCUT2D eigenvalue weighted by atomic mass is 16.5. The summed E-state index contributed by atoms with van der Waals surface area (Å²) in [4.78, 5) is 32.7. The highest BCUT2D eigenvalue weighted by Crippen LogP contribution is 1.90. The molecule has 0 aliphatic rings. The molecule has 0 fully saturated rings. The van der Waals surface area contributed by atoms with E-state index in [4.69, 9.17) is 9.84 Å². The van der Waals surface area contributed by atoms with Crippen molar-refractivity contribution >= 4 is 17.8 Å². The summed E-state index contributed by atoms with van der Waals surface area (Å²) in [6.45, 7) is 4.69. The van der Waals surface area contributed by atoms with Gasteiger partial charge in [0.1, 0.15) is 12.1 Å². The van der Waals surface area contributed by atoms with E-state index in [1.807, 2.05) is 0 Å². The molecule has 7 nitrogen and oxygen atoms in total. The maximum Gasteiger partial charge on any atom is 0.327 e. The largest absolute Gasteiger partial charge is 0.480 e. The molecule has 0 heterocycles. The highest BCUT2D eigenvalue weighted by molar-refractivity contribution is 5.82. The number of nitrogens with one attached hydrogen (secondary N) is 2. The Labute approximate surface area is 99.5 Å². The first-order valence-corrected chi connectivity index (χ1v) is 5.28. The summed E-state index contributed by atoms with van der Waals surface area (Å²) in [5, 5.41) is 13.7. The van der Waals surface area contributed by atoms with Gasteiger partial charge in [0, 0.05) is 13.5 Å². The monoisotopic (exact) mass is 246 g/mol. The zero-order valence-electron chi connectivity index (χ0n) is 10.1. The number of esters is 1. The Morgan fingerprint density at radius 1 is 1.35 bits per heavy atom. The standard InChI is InChI=1S/C10H18N2O5/c1-4-17-10(16)6(2)11-5-8(9(14)15)12-7(3)13/h6,8,11H,4-5H2,1-3H3,(H,12,13)(H,14,15). The number of carbonyl (C=O) groups is 3. The predicted molar refractivity (Wildman–Crippen MR) is 59.3 cm³/mol. The summed E-state index contributed by atoms with van der Waals surface area (Å²) in [6.07, 6.45) is 0. The van der Waals surface area contributed by atoms with Gasteiger partial charge in [0.15, 0.2) is 0 Å². The normalized spacial score (nSPS) is 13.6. The second kappa shape index (κ2) is 7.61. The number of rotatable bonds is 7. The van der Waals surface area contributed by atoms with Crippen LogP contribution in [0.5, 0.6) is 0 Å². The van der Waals surface area contributed by atoms with Gasteiger partial charge in [0.2, 0.25) is 5.91 Å². The lowest BCUT2D eigenvalue weighted by Gasteiger charge is -2.17. The molecule has 98 valence electrons. The van der Waals surface area contributed by atoms with E-state index < -0.39 is 29.9 Å². The summed E-state index contributed by atoms with van der Waals surface area (Å²) in [5.74, 6) is -2.06. The van der Waals surface area contributed by atoms with Crippen molar-refractivity contribution in [3.8, 4) is 0 Å². The van der Waals surface area contributed by atoms with Crippen molar-refractivity contribution in [2.45, 2.75) is 32.9 Å². The number of hydrogen-bond acceptors (Lipinski definition) is 5. The molecule has 0 saturated heterocycles. The Morgan fingerprint density at radius 3 is 2.35 bits per heavy atom. The molecule has 0 aromatic rings. The maximum atomic E-state index is 11.2. The molecule has 1 amide bonds. The molecule has 0 saturated carbocycles. The summed E-state index contributed by atoms with van der Waals surface area (Å²) in [7, 11) is 0. The minimum absolute atomic E-state index is 0.0467. The molecule has 7 heteroatoms. The fourth-order valence-electron chi connectivity index (χ4n) is 1.09. The van der Waals surface area contributed by atoms with Crippen LogP contribution >= 0.6 is 0 Å². The molecule has 0 aliphatic carbocycles. The van der Waals surface area contributed by atoms with Gasteiger partial charge in [-0.1, -0.05) is 0 Å². The topological polar surface area (TPSA) is 105 Å². The van der Waals surface area contributed by atoms with E-state index in [2.05, 4.69) is 10.6 Å². The van der Waals surface area contributed by atoms with Crippen molar-refractivity contribution < 1.29 is 24.2 Å². The average Bonchev–Trinajstić information content (AvgIpc) is 2.23. The van der Waals surface area contributed by atoms with E-state index in [1.165, 1.54) is 6.92 Å². The lowest BCUT2D eigenvalue weighted by molar-refractivity contribution is -0.146. The fraction of sp³-hybridized carbons (Fsp3) is 0.700. The van der Waals surface area contributed by atoms with Gasteiger partial charge in [-0.05, 0) is 13.8 Å². The van der Waals surface area contributed by atoms with Crippen LogP contribution in [0, 0.1) is 0 Å². The molecule has 0 radical (unpaired) electrons. The summed E-state index contributed by atoms with van der Waals surface area (Å²) < 4.78 is 4.74. The van der Waals surface area contributed by atoms with Crippen molar-refractivity contribution in [1.82, 2.24) is 10.6 Å². The number of carboxylic acids is 1. The van der Waals surface area contributed by atoms with Gasteiger partial charge in [-0.2, -0.15) is 0 Å². The SMILES string of the molecule is CCOC(=O)C(C)NCC(NC(C)=O)C(=O)O. The smallest absolute Gasteiger partial charge is 0.327 e. The molecule has 17 heavy (non-hydrogen) atoms. The van der Waals surface area contributed by atoms with Gasteiger partial charge >= 0.3 is 11.9 Å². The molecule has 0 aromatic carbocycles. The number of amides is 1. The predicted octanol–water partition coefficient (Wildman–Crippen LogP) is -0.883. The van der Waals surface area contributed by atoms with Crippen LogP contribution in [-0.4, -0.2) is 48.2 Å². The molecule has 0 aliphatic heterocycles. The van der Waals surface area contributed by atoms with Crippen molar-refractivity contribution in [2.75, 3.05) is 13.2 Å². The van der Waals surface area contributed by atoms with Crippen LogP contribution in [0.25, 0.3) is 0 Å². The summed E-state index contributed by atoms with van der Waals surface area (Å²) in [6, 6.07) is -1.69. The van der Waals surface area contributed by atoms with Crippen LogP contribution in [-0.2, 0) is 19.1 Å². The van der Waals surface area contributed by atoms with Gasteiger partial charge in [0.05, 0.1) is 6.61 Å². The number of aliphatic carboxylic acids is 1. The minimum Gasteiger partial charge on any atom is -0.480 e. The van der Waals surface area contributed by atoms with Crippen LogP contribution in [0.2, 0.25) is 0 Å². The first-order valence-electron chi connectivity index (χ1n) is 5.28. The maximum absolute atomic E-state index is 11.2. The van der Waals surface area contributed by atoms with Crippen LogP contribution in [0.1, 0.15) is 20.8 Å².